The molecule has 0 aliphatic heterocycles. The molecule has 1 atom stereocenters. The topological polar surface area (TPSA) is 46.5 Å². The monoisotopic (exact) mass is 256 g/mol. The van der Waals surface area contributed by atoms with Crippen LogP contribution in [0.25, 0.3) is 0 Å². The number of carbonyl (C=O) groups is 1. The van der Waals surface area contributed by atoms with Crippen molar-refractivity contribution in [3.8, 4) is 0 Å². The number of carboxylic acids is 1. The molecule has 1 rings (SSSR count). The van der Waals surface area contributed by atoms with E-state index in [2.05, 4.69) is 0 Å². The summed E-state index contributed by atoms with van der Waals surface area (Å²) in [6, 6.07) is 7.17. The number of ether oxygens (including phenoxy) is 1. The Morgan fingerprint density at radius 1 is 1.47 bits per heavy atom. The zero-order chi connectivity index (χ0) is 12.8. The van der Waals surface area contributed by atoms with Crippen LogP contribution in [-0.4, -0.2) is 23.8 Å². The lowest BCUT2D eigenvalue weighted by Gasteiger charge is -2.15. The maximum atomic E-state index is 11.0. The number of benzene rings is 1. The van der Waals surface area contributed by atoms with Crippen molar-refractivity contribution in [2.45, 2.75) is 26.4 Å². The Bertz CT molecular complexity index is 377. The van der Waals surface area contributed by atoms with Gasteiger partial charge in [0.1, 0.15) is 0 Å². The van der Waals surface area contributed by atoms with Crippen LogP contribution in [0, 0.1) is 5.92 Å². The molecule has 1 unspecified atom stereocenters. The Morgan fingerprint density at radius 3 is 2.71 bits per heavy atom. The summed E-state index contributed by atoms with van der Waals surface area (Å²) in [6.45, 7) is 4.41. The van der Waals surface area contributed by atoms with E-state index in [9.17, 15) is 4.79 Å². The minimum absolute atomic E-state index is 0.316. The van der Waals surface area contributed by atoms with Crippen LogP contribution in [0.15, 0.2) is 24.3 Å². The predicted octanol–water partition coefficient (Wildman–Crippen LogP) is 3.01. The quantitative estimate of drug-likeness (QED) is 0.851. The summed E-state index contributed by atoms with van der Waals surface area (Å²) in [5.74, 6) is -0.623. The van der Waals surface area contributed by atoms with Gasteiger partial charge in [-0.1, -0.05) is 37.6 Å². The first-order chi connectivity index (χ1) is 7.99. The van der Waals surface area contributed by atoms with Crippen LogP contribution in [0.4, 0.5) is 0 Å². The van der Waals surface area contributed by atoms with Crippen molar-refractivity contribution < 1.29 is 14.6 Å². The van der Waals surface area contributed by atoms with E-state index in [1.807, 2.05) is 19.9 Å². The van der Waals surface area contributed by atoms with Crippen LogP contribution < -0.4 is 0 Å². The van der Waals surface area contributed by atoms with Gasteiger partial charge >= 0.3 is 5.97 Å². The summed E-state index contributed by atoms with van der Waals surface area (Å²) in [5.41, 5.74) is 0.869. The SMILES string of the molecule is CC(C)COC(Cc1cccc(Cl)c1)C(=O)O. The second-order valence-corrected chi connectivity index (χ2v) is 4.82. The van der Waals surface area contributed by atoms with E-state index in [4.69, 9.17) is 21.4 Å². The molecular formula is C13H17ClO3. The molecule has 0 fully saturated rings. The van der Waals surface area contributed by atoms with Gasteiger partial charge in [0, 0.05) is 11.4 Å². The molecule has 0 amide bonds. The predicted molar refractivity (Wildman–Crippen MR) is 67.4 cm³/mol. The van der Waals surface area contributed by atoms with Crippen LogP contribution in [0.1, 0.15) is 19.4 Å². The zero-order valence-corrected chi connectivity index (χ0v) is 10.8. The van der Waals surface area contributed by atoms with Crippen molar-refractivity contribution in [2.24, 2.45) is 5.92 Å². The average Bonchev–Trinajstić information content (AvgIpc) is 2.23. The largest absolute Gasteiger partial charge is 0.479 e. The number of aliphatic carboxylic acids is 1. The van der Waals surface area contributed by atoms with Gasteiger partial charge in [-0.2, -0.15) is 0 Å². The van der Waals surface area contributed by atoms with Crippen LogP contribution in [0.3, 0.4) is 0 Å². The van der Waals surface area contributed by atoms with Crippen molar-refractivity contribution in [3.05, 3.63) is 34.9 Å². The van der Waals surface area contributed by atoms with E-state index in [1.54, 1.807) is 18.2 Å². The third-order valence-corrected chi connectivity index (χ3v) is 2.45. The maximum absolute atomic E-state index is 11.0. The fraction of sp³-hybridized carbons (Fsp3) is 0.462. The van der Waals surface area contributed by atoms with Gasteiger partial charge in [-0.15, -0.1) is 0 Å². The summed E-state index contributed by atoms with van der Waals surface area (Å²) in [4.78, 5) is 11.0. The molecular weight excluding hydrogens is 240 g/mol. The number of rotatable bonds is 6. The molecule has 0 bridgehead atoms. The molecule has 1 N–H and O–H groups in total. The highest BCUT2D eigenvalue weighted by Gasteiger charge is 2.19. The van der Waals surface area contributed by atoms with Gasteiger partial charge < -0.3 is 9.84 Å². The van der Waals surface area contributed by atoms with E-state index < -0.39 is 12.1 Å². The highest BCUT2D eigenvalue weighted by molar-refractivity contribution is 6.30. The number of carboxylic acid groups (broad SMARTS) is 1. The third-order valence-electron chi connectivity index (χ3n) is 2.22. The Kier molecular flexibility index (Phi) is 5.45. The molecule has 0 heterocycles. The van der Waals surface area contributed by atoms with Gasteiger partial charge in [-0.05, 0) is 23.6 Å². The summed E-state index contributed by atoms with van der Waals surface area (Å²) in [7, 11) is 0. The van der Waals surface area contributed by atoms with E-state index in [-0.39, 0.29) is 0 Å². The standard InChI is InChI=1S/C13H17ClO3/c1-9(2)8-17-12(13(15)16)7-10-4-3-5-11(14)6-10/h3-6,9,12H,7-8H2,1-2H3,(H,15,16). The summed E-state index contributed by atoms with van der Waals surface area (Å²) >= 11 is 5.85. The second-order valence-electron chi connectivity index (χ2n) is 4.39. The first-order valence-electron chi connectivity index (χ1n) is 5.58. The van der Waals surface area contributed by atoms with Crippen molar-refractivity contribution in [1.29, 1.82) is 0 Å². The van der Waals surface area contributed by atoms with Gasteiger partial charge in [0.25, 0.3) is 0 Å². The van der Waals surface area contributed by atoms with Crippen molar-refractivity contribution >= 4 is 17.6 Å². The third kappa shape index (κ3) is 5.20. The van der Waals surface area contributed by atoms with Gasteiger partial charge in [0.05, 0.1) is 6.61 Å². The number of hydrogen-bond acceptors (Lipinski definition) is 2. The Hall–Kier alpha value is -1.06. The molecule has 0 saturated carbocycles. The molecule has 0 spiro atoms. The van der Waals surface area contributed by atoms with Crippen molar-refractivity contribution in [1.82, 2.24) is 0 Å². The molecule has 94 valence electrons. The zero-order valence-electron chi connectivity index (χ0n) is 10.0. The lowest BCUT2D eigenvalue weighted by Crippen LogP contribution is -2.28. The Labute approximate surface area is 106 Å². The molecule has 4 heteroatoms. The normalized spacial score (nSPS) is 12.7. The Balaban J connectivity index is 2.63. The minimum atomic E-state index is -0.939. The van der Waals surface area contributed by atoms with E-state index in [0.717, 1.165) is 5.56 Å². The Morgan fingerprint density at radius 2 is 2.18 bits per heavy atom. The lowest BCUT2D eigenvalue weighted by molar-refractivity contribution is -0.150. The molecule has 0 radical (unpaired) electrons. The molecule has 0 saturated heterocycles. The second kappa shape index (κ2) is 6.62. The van der Waals surface area contributed by atoms with Crippen molar-refractivity contribution in [2.75, 3.05) is 6.61 Å². The smallest absolute Gasteiger partial charge is 0.333 e. The highest BCUT2D eigenvalue weighted by atomic mass is 35.5. The van der Waals surface area contributed by atoms with Crippen LogP contribution in [0.2, 0.25) is 5.02 Å². The molecule has 3 nitrogen and oxygen atoms in total. The fourth-order valence-electron chi connectivity index (χ4n) is 1.40. The van der Waals surface area contributed by atoms with Gasteiger partial charge in [-0.3, -0.25) is 0 Å². The maximum Gasteiger partial charge on any atom is 0.333 e. The van der Waals surface area contributed by atoms with Gasteiger partial charge in [-0.25, -0.2) is 4.79 Å². The van der Waals surface area contributed by atoms with Crippen LogP contribution in [-0.2, 0) is 16.0 Å². The lowest BCUT2D eigenvalue weighted by atomic mass is 10.1. The molecule has 0 aromatic heterocycles. The molecule has 1 aromatic rings. The average molecular weight is 257 g/mol. The van der Waals surface area contributed by atoms with Gasteiger partial charge in [0.2, 0.25) is 0 Å². The highest BCUT2D eigenvalue weighted by Crippen LogP contribution is 2.14. The number of halogens is 1. The molecule has 17 heavy (non-hydrogen) atoms. The van der Waals surface area contributed by atoms with Gasteiger partial charge in [0.15, 0.2) is 6.10 Å². The molecule has 0 aliphatic carbocycles. The first-order valence-corrected chi connectivity index (χ1v) is 5.95. The van der Waals surface area contributed by atoms with E-state index in [0.29, 0.717) is 24.0 Å². The van der Waals surface area contributed by atoms with Crippen LogP contribution >= 0.6 is 11.6 Å². The van der Waals surface area contributed by atoms with E-state index >= 15 is 0 Å². The summed E-state index contributed by atoms with van der Waals surface area (Å²) in [5, 5.41) is 9.67. The molecule has 1 aromatic carbocycles. The first kappa shape index (κ1) is 14.0. The fourth-order valence-corrected chi connectivity index (χ4v) is 1.62. The van der Waals surface area contributed by atoms with E-state index in [1.165, 1.54) is 0 Å². The molecule has 0 aliphatic rings. The minimum Gasteiger partial charge on any atom is -0.479 e. The summed E-state index contributed by atoms with van der Waals surface area (Å²) < 4.78 is 5.37. The van der Waals surface area contributed by atoms with Crippen molar-refractivity contribution in [3.63, 3.8) is 0 Å². The number of hydrogen-bond donors (Lipinski definition) is 1. The summed E-state index contributed by atoms with van der Waals surface area (Å²) in [6.07, 6.45) is -0.473. The van der Waals surface area contributed by atoms with Crippen LogP contribution in [0.5, 0.6) is 0 Å².